The molecule has 0 aliphatic heterocycles. The van der Waals surface area contributed by atoms with Crippen molar-refractivity contribution >= 4 is 21.4 Å². The van der Waals surface area contributed by atoms with E-state index in [1.807, 2.05) is 38.1 Å². The maximum absolute atomic E-state index is 12.9. The highest BCUT2D eigenvalue weighted by Crippen LogP contribution is 2.31. The minimum absolute atomic E-state index is 0.303. The standard InChI is InChI=1S/C18H24N2O3S/c1-12-11-17(23-6)13(2)14(3)18(12)24(21,22)19-15-7-9-16(10-8-15)20(4)5/h7-11,19H,1-6H3. The molecule has 0 spiro atoms. The summed E-state index contributed by atoms with van der Waals surface area (Å²) in [6, 6.07) is 9.02. The van der Waals surface area contributed by atoms with E-state index in [2.05, 4.69) is 4.72 Å². The number of benzene rings is 2. The summed E-state index contributed by atoms with van der Waals surface area (Å²) in [7, 11) is 1.78. The van der Waals surface area contributed by atoms with Gasteiger partial charge in [0.15, 0.2) is 0 Å². The lowest BCUT2D eigenvalue weighted by Crippen LogP contribution is -2.17. The first-order chi connectivity index (χ1) is 11.2. The molecule has 130 valence electrons. The smallest absolute Gasteiger partial charge is 0.262 e. The molecule has 0 aromatic heterocycles. The van der Waals surface area contributed by atoms with Crippen molar-refractivity contribution in [1.29, 1.82) is 0 Å². The van der Waals surface area contributed by atoms with Gasteiger partial charge in [-0.05, 0) is 67.8 Å². The first-order valence-corrected chi connectivity index (χ1v) is 9.10. The Balaban J connectivity index is 2.42. The Bertz CT molecular complexity index is 842. The topological polar surface area (TPSA) is 58.6 Å². The molecule has 5 nitrogen and oxygen atoms in total. The summed E-state index contributed by atoms with van der Waals surface area (Å²) in [6.07, 6.45) is 0. The lowest BCUT2D eigenvalue weighted by molar-refractivity contribution is 0.410. The largest absolute Gasteiger partial charge is 0.496 e. The highest BCUT2D eigenvalue weighted by atomic mass is 32.2. The number of nitrogens with zero attached hydrogens (tertiary/aromatic N) is 1. The van der Waals surface area contributed by atoms with E-state index >= 15 is 0 Å². The number of rotatable bonds is 5. The number of nitrogens with one attached hydrogen (secondary N) is 1. The van der Waals surface area contributed by atoms with E-state index in [0.717, 1.165) is 11.3 Å². The Hall–Kier alpha value is -2.21. The number of hydrogen-bond donors (Lipinski definition) is 1. The van der Waals surface area contributed by atoms with Crippen molar-refractivity contribution in [2.75, 3.05) is 30.8 Å². The van der Waals surface area contributed by atoms with Gasteiger partial charge in [0.25, 0.3) is 10.0 Å². The van der Waals surface area contributed by atoms with Gasteiger partial charge in [-0.3, -0.25) is 4.72 Å². The second-order valence-corrected chi connectivity index (χ2v) is 7.64. The van der Waals surface area contributed by atoms with Crippen LogP contribution in [0.4, 0.5) is 11.4 Å². The summed E-state index contributed by atoms with van der Waals surface area (Å²) >= 11 is 0. The molecule has 0 amide bonds. The molecule has 2 aromatic rings. The summed E-state index contributed by atoms with van der Waals surface area (Å²) in [4.78, 5) is 2.26. The quantitative estimate of drug-likeness (QED) is 0.899. The Morgan fingerprint density at radius 1 is 1.00 bits per heavy atom. The predicted molar refractivity (Wildman–Crippen MR) is 98.8 cm³/mol. The lowest BCUT2D eigenvalue weighted by Gasteiger charge is -2.18. The van der Waals surface area contributed by atoms with Crippen LogP contribution < -0.4 is 14.4 Å². The monoisotopic (exact) mass is 348 g/mol. The minimum Gasteiger partial charge on any atom is -0.496 e. The molecule has 0 saturated carbocycles. The molecule has 0 radical (unpaired) electrons. The summed E-state index contributed by atoms with van der Waals surface area (Å²) in [5.41, 5.74) is 3.72. The molecule has 0 unspecified atom stereocenters. The molecule has 0 heterocycles. The Labute approximate surface area is 144 Å². The fourth-order valence-corrected chi connectivity index (χ4v) is 4.27. The van der Waals surface area contributed by atoms with E-state index in [-0.39, 0.29) is 0 Å². The van der Waals surface area contributed by atoms with Gasteiger partial charge in [0.05, 0.1) is 12.0 Å². The number of hydrogen-bond acceptors (Lipinski definition) is 4. The zero-order chi connectivity index (χ0) is 18.1. The third kappa shape index (κ3) is 3.48. The maximum Gasteiger partial charge on any atom is 0.262 e. The number of sulfonamides is 1. The molecular formula is C18H24N2O3S. The van der Waals surface area contributed by atoms with Crippen LogP contribution in [0, 0.1) is 20.8 Å². The van der Waals surface area contributed by atoms with E-state index in [1.165, 1.54) is 0 Å². The molecule has 0 fully saturated rings. The SMILES string of the molecule is COc1cc(C)c(S(=O)(=O)Nc2ccc(N(C)C)cc2)c(C)c1C. The van der Waals surface area contributed by atoms with Crippen molar-refractivity contribution in [2.45, 2.75) is 25.7 Å². The minimum atomic E-state index is -3.67. The van der Waals surface area contributed by atoms with E-state index in [1.54, 1.807) is 39.2 Å². The van der Waals surface area contributed by atoms with Crippen molar-refractivity contribution in [3.8, 4) is 5.75 Å². The molecule has 0 bridgehead atoms. The van der Waals surface area contributed by atoms with Crippen molar-refractivity contribution in [1.82, 2.24) is 0 Å². The van der Waals surface area contributed by atoms with Crippen LogP contribution in [0.15, 0.2) is 35.2 Å². The van der Waals surface area contributed by atoms with Gasteiger partial charge in [0.1, 0.15) is 5.75 Å². The van der Waals surface area contributed by atoms with Crippen molar-refractivity contribution in [3.63, 3.8) is 0 Å². The molecule has 0 atom stereocenters. The van der Waals surface area contributed by atoms with Crippen molar-refractivity contribution < 1.29 is 13.2 Å². The lowest BCUT2D eigenvalue weighted by atomic mass is 10.1. The highest BCUT2D eigenvalue weighted by Gasteiger charge is 2.22. The van der Waals surface area contributed by atoms with E-state index in [0.29, 0.717) is 27.5 Å². The Kier molecular flexibility index (Phi) is 5.08. The van der Waals surface area contributed by atoms with Crippen LogP contribution in [0.3, 0.4) is 0 Å². The van der Waals surface area contributed by atoms with Crippen LogP contribution in [-0.4, -0.2) is 29.6 Å². The van der Waals surface area contributed by atoms with E-state index in [9.17, 15) is 8.42 Å². The Morgan fingerprint density at radius 2 is 1.58 bits per heavy atom. The second kappa shape index (κ2) is 6.73. The molecule has 0 aliphatic rings. The van der Waals surface area contributed by atoms with Gasteiger partial charge in [0.2, 0.25) is 0 Å². The van der Waals surface area contributed by atoms with Crippen LogP contribution >= 0.6 is 0 Å². The zero-order valence-corrected chi connectivity index (χ0v) is 15.8. The summed E-state index contributed by atoms with van der Waals surface area (Å²) in [5, 5.41) is 0. The molecule has 1 N–H and O–H groups in total. The van der Waals surface area contributed by atoms with Gasteiger partial charge in [-0.1, -0.05) is 0 Å². The maximum atomic E-state index is 12.9. The van der Waals surface area contributed by atoms with Gasteiger partial charge >= 0.3 is 0 Å². The molecule has 2 aromatic carbocycles. The molecule has 6 heteroatoms. The summed E-state index contributed by atoms with van der Waals surface area (Å²) < 4.78 is 33.7. The number of methoxy groups -OCH3 is 1. The van der Waals surface area contributed by atoms with Crippen LogP contribution in [0.2, 0.25) is 0 Å². The second-order valence-electron chi connectivity index (χ2n) is 6.02. The van der Waals surface area contributed by atoms with Crippen molar-refractivity contribution in [3.05, 3.63) is 47.0 Å². The first kappa shape index (κ1) is 18.1. The Morgan fingerprint density at radius 3 is 2.08 bits per heavy atom. The summed E-state index contributed by atoms with van der Waals surface area (Å²) in [5.74, 6) is 0.694. The first-order valence-electron chi connectivity index (χ1n) is 7.62. The molecular weight excluding hydrogens is 324 g/mol. The molecule has 24 heavy (non-hydrogen) atoms. The fraction of sp³-hybridized carbons (Fsp3) is 0.333. The zero-order valence-electron chi connectivity index (χ0n) is 15.0. The van der Waals surface area contributed by atoms with Crippen LogP contribution in [0.5, 0.6) is 5.75 Å². The normalized spacial score (nSPS) is 11.2. The number of ether oxygens (including phenoxy) is 1. The molecule has 2 rings (SSSR count). The van der Waals surface area contributed by atoms with Crippen molar-refractivity contribution in [2.24, 2.45) is 0 Å². The third-order valence-corrected chi connectivity index (χ3v) is 5.77. The van der Waals surface area contributed by atoms with Crippen LogP contribution in [0.25, 0.3) is 0 Å². The van der Waals surface area contributed by atoms with Crippen LogP contribution in [0.1, 0.15) is 16.7 Å². The van der Waals surface area contributed by atoms with Gasteiger partial charge in [-0.15, -0.1) is 0 Å². The number of anilines is 2. The highest BCUT2D eigenvalue weighted by molar-refractivity contribution is 7.92. The van der Waals surface area contributed by atoms with Gasteiger partial charge in [-0.2, -0.15) is 0 Å². The number of aryl methyl sites for hydroxylation is 1. The fourth-order valence-electron chi connectivity index (χ4n) is 2.68. The molecule has 0 aliphatic carbocycles. The summed E-state index contributed by atoms with van der Waals surface area (Å²) in [6.45, 7) is 5.44. The molecule has 0 saturated heterocycles. The average Bonchev–Trinajstić information content (AvgIpc) is 2.50. The van der Waals surface area contributed by atoms with Crippen LogP contribution in [-0.2, 0) is 10.0 Å². The van der Waals surface area contributed by atoms with Gasteiger partial charge in [-0.25, -0.2) is 8.42 Å². The predicted octanol–water partition coefficient (Wildman–Crippen LogP) is 3.49. The van der Waals surface area contributed by atoms with E-state index < -0.39 is 10.0 Å². The van der Waals surface area contributed by atoms with E-state index in [4.69, 9.17) is 4.74 Å². The third-order valence-electron chi connectivity index (χ3n) is 4.10. The van der Waals surface area contributed by atoms with Gasteiger partial charge in [0, 0.05) is 25.5 Å². The van der Waals surface area contributed by atoms with Gasteiger partial charge < -0.3 is 9.64 Å². The average molecular weight is 348 g/mol.